The van der Waals surface area contributed by atoms with Crippen LogP contribution in [0.2, 0.25) is 0 Å². The molecule has 2 bridgehead atoms. The average molecular weight is 395 g/mol. The molecular formula is C22H22NO2PS. The molecule has 2 fully saturated rings. The minimum atomic E-state index is -3.39. The van der Waals surface area contributed by atoms with Gasteiger partial charge >= 0.3 is 0 Å². The Morgan fingerprint density at radius 3 is 2.44 bits per heavy atom. The van der Waals surface area contributed by atoms with Crippen LogP contribution >= 0.6 is 7.92 Å². The fraction of sp³-hybridized carbons (Fsp3) is 0.273. The van der Waals surface area contributed by atoms with Gasteiger partial charge < -0.3 is 0 Å². The number of hydrogen-bond donors (Lipinski definition) is 0. The Kier molecular flexibility index (Phi) is 4.12. The third-order valence-corrected chi connectivity index (χ3v) is 10.9. The van der Waals surface area contributed by atoms with Crippen molar-refractivity contribution >= 4 is 34.0 Å². The van der Waals surface area contributed by atoms with Crippen LogP contribution in [0.1, 0.15) is 12.0 Å². The molecule has 2 aliphatic rings. The van der Waals surface area contributed by atoms with Crippen LogP contribution in [0.3, 0.4) is 0 Å². The van der Waals surface area contributed by atoms with Crippen LogP contribution < -0.4 is 5.30 Å². The topological polar surface area (TPSA) is 37.4 Å². The van der Waals surface area contributed by atoms with Crippen molar-refractivity contribution in [1.29, 1.82) is 0 Å². The Labute approximate surface area is 161 Å². The highest BCUT2D eigenvalue weighted by Crippen LogP contribution is 2.56. The molecular weight excluding hydrogens is 373 g/mol. The molecule has 2 aliphatic heterocycles. The normalized spacial score (nSPS) is 25.3. The van der Waals surface area contributed by atoms with E-state index in [4.69, 9.17) is 0 Å². The Morgan fingerprint density at radius 2 is 1.70 bits per heavy atom. The van der Waals surface area contributed by atoms with E-state index in [9.17, 15) is 8.42 Å². The summed E-state index contributed by atoms with van der Waals surface area (Å²) in [5.41, 5.74) is 1.55. The molecule has 0 amide bonds. The highest BCUT2D eigenvalue weighted by molar-refractivity contribution is 7.89. The molecule has 0 spiro atoms. The first-order valence-corrected chi connectivity index (χ1v) is 12.4. The largest absolute Gasteiger partial charge is 0.243 e. The van der Waals surface area contributed by atoms with E-state index in [2.05, 4.69) is 42.5 Å². The second-order valence-electron chi connectivity index (χ2n) is 7.58. The lowest BCUT2D eigenvalue weighted by atomic mass is 10.1. The van der Waals surface area contributed by atoms with Crippen molar-refractivity contribution < 1.29 is 8.42 Å². The molecule has 1 unspecified atom stereocenters. The number of hydrogen-bond acceptors (Lipinski definition) is 2. The van der Waals surface area contributed by atoms with E-state index >= 15 is 0 Å². The van der Waals surface area contributed by atoms with Gasteiger partial charge in [0, 0.05) is 12.6 Å². The number of aryl methyl sites for hydroxylation is 1. The first kappa shape index (κ1) is 17.4. The van der Waals surface area contributed by atoms with E-state index < -0.39 is 10.0 Å². The van der Waals surface area contributed by atoms with Gasteiger partial charge in [-0.3, -0.25) is 0 Å². The summed E-state index contributed by atoms with van der Waals surface area (Å²) in [5, 5.41) is 4.07. The summed E-state index contributed by atoms with van der Waals surface area (Å²) in [4.78, 5) is 0.426. The molecule has 2 heterocycles. The minimum Gasteiger partial charge on any atom is -0.207 e. The lowest BCUT2D eigenvalue weighted by Gasteiger charge is -2.31. The van der Waals surface area contributed by atoms with Gasteiger partial charge in [-0.05, 0) is 53.4 Å². The monoisotopic (exact) mass is 395 g/mol. The third-order valence-electron chi connectivity index (χ3n) is 5.89. The van der Waals surface area contributed by atoms with Gasteiger partial charge in [0.1, 0.15) is 0 Å². The maximum Gasteiger partial charge on any atom is 0.243 e. The van der Waals surface area contributed by atoms with Gasteiger partial charge in [-0.2, -0.15) is 4.31 Å². The van der Waals surface area contributed by atoms with E-state index in [-0.39, 0.29) is 14.0 Å². The molecule has 0 N–H and O–H groups in total. The predicted molar refractivity (Wildman–Crippen MR) is 113 cm³/mol. The highest BCUT2D eigenvalue weighted by Gasteiger charge is 2.49. The molecule has 3 atom stereocenters. The van der Waals surface area contributed by atoms with Gasteiger partial charge in [0.15, 0.2) is 0 Å². The number of sulfonamides is 1. The Hall–Kier alpha value is -1.74. The first-order chi connectivity index (χ1) is 13.0. The van der Waals surface area contributed by atoms with Gasteiger partial charge in [0.05, 0.1) is 4.90 Å². The maximum absolute atomic E-state index is 13.1. The zero-order valence-electron chi connectivity index (χ0n) is 15.2. The Bertz CT molecular complexity index is 1110. The van der Waals surface area contributed by atoms with Crippen LogP contribution in [0.15, 0.2) is 71.6 Å². The maximum atomic E-state index is 13.1. The highest BCUT2D eigenvalue weighted by atomic mass is 32.2. The minimum absolute atomic E-state index is 0.145. The molecule has 0 radical (unpaired) electrons. The molecule has 0 aliphatic carbocycles. The van der Waals surface area contributed by atoms with Crippen molar-refractivity contribution in [2.24, 2.45) is 0 Å². The second-order valence-corrected chi connectivity index (χ2v) is 12.0. The van der Waals surface area contributed by atoms with Crippen LogP contribution in [-0.4, -0.2) is 37.1 Å². The fourth-order valence-electron chi connectivity index (χ4n) is 4.52. The lowest BCUT2D eigenvalue weighted by molar-refractivity contribution is 0.408. The molecule has 0 saturated carbocycles. The molecule has 5 heteroatoms. The smallest absolute Gasteiger partial charge is 0.207 e. The summed E-state index contributed by atoms with van der Waals surface area (Å²) < 4.78 is 28.0. The van der Waals surface area contributed by atoms with E-state index in [1.165, 1.54) is 16.1 Å². The van der Waals surface area contributed by atoms with Gasteiger partial charge in [-0.1, -0.05) is 68.1 Å². The van der Waals surface area contributed by atoms with Crippen LogP contribution in [0.4, 0.5) is 0 Å². The Balaban J connectivity index is 1.44. The molecule has 27 heavy (non-hydrogen) atoms. The van der Waals surface area contributed by atoms with E-state index in [0.29, 0.717) is 17.1 Å². The van der Waals surface area contributed by atoms with Gasteiger partial charge in [0.2, 0.25) is 10.0 Å². The molecule has 5 rings (SSSR count). The number of fused-ring (bicyclic) bond motifs is 3. The van der Waals surface area contributed by atoms with Gasteiger partial charge in [0.25, 0.3) is 0 Å². The molecule has 3 aromatic carbocycles. The number of benzene rings is 3. The molecule has 138 valence electrons. The van der Waals surface area contributed by atoms with Crippen molar-refractivity contribution in [3.05, 3.63) is 72.3 Å². The molecule has 3 aromatic rings. The average Bonchev–Trinajstić information content (AvgIpc) is 3.29. The summed E-state index contributed by atoms with van der Waals surface area (Å²) in [7, 11) is -3.70. The van der Waals surface area contributed by atoms with E-state index in [1.807, 2.05) is 19.1 Å². The Morgan fingerprint density at radius 1 is 0.963 bits per heavy atom. The number of nitrogens with zero attached hydrogens (tertiary/aromatic N) is 1. The van der Waals surface area contributed by atoms with Crippen LogP contribution in [0, 0.1) is 6.92 Å². The molecule has 3 nitrogen and oxygen atoms in total. The van der Waals surface area contributed by atoms with Crippen molar-refractivity contribution in [1.82, 2.24) is 4.31 Å². The first-order valence-electron chi connectivity index (χ1n) is 9.37. The van der Waals surface area contributed by atoms with Crippen LogP contribution in [0.25, 0.3) is 10.8 Å². The quantitative estimate of drug-likeness (QED) is 0.626. The van der Waals surface area contributed by atoms with Gasteiger partial charge in [-0.15, -0.1) is 0 Å². The van der Waals surface area contributed by atoms with Crippen molar-refractivity contribution in [3.63, 3.8) is 0 Å². The summed E-state index contributed by atoms with van der Waals surface area (Å²) in [6.45, 7) is 2.64. The van der Waals surface area contributed by atoms with E-state index in [0.717, 1.165) is 18.1 Å². The fourth-order valence-corrected chi connectivity index (χ4v) is 9.78. The number of rotatable bonds is 3. The van der Waals surface area contributed by atoms with Crippen molar-refractivity contribution in [3.8, 4) is 0 Å². The standard InChI is InChI=1S/C22H22NO2PS/c1-16-9-11-20(12-10-16)27(24,25)23-14-19-13-18(23)15-26(19)22-8-4-6-17-5-2-3-7-21(17)22/h2-12,18-19H,13-15H2,1H3/t18-,19-,26?/m0/s1. The summed E-state index contributed by atoms with van der Waals surface area (Å²) in [6, 6.07) is 22.5. The van der Waals surface area contributed by atoms with Crippen LogP contribution in [0.5, 0.6) is 0 Å². The summed E-state index contributed by atoms with van der Waals surface area (Å²) in [6.07, 6.45) is 1.99. The lowest BCUT2D eigenvalue weighted by Crippen LogP contribution is -2.40. The zero-order valence-corrected chi connectivity index (χ0v) is 17.0. The van der Waals surface area contributed by atoms with Crippen molar-refractivity contribution in [2.75, 3.05) is 12.7 Å². The second kappa shape index (κ2) is 6.41. The zero-order chi connectivity index (χ0) is 18.6. The van der Waals surface area contributed by atoms with Crippen LogP contribution in [-0.2, 0) is 10.0 Å². The summed E-state index contributed by atoms with van der Waals surface area (Å²) >= 11 is 0. The van der Waals surface area contributed by atoms with E-state index in [1.54, 1.807) is 16.4 Å². The van der Waals surface area contributed by atoms with Crippen molar-refractivity contribution in [2.45, 2.75) is 29.9 Å². The molecule has 0 aromatic heterocycles. The third kappa shape index (κ3) is 2.82. The predicted octanol–water partition coefficient (Wildman–Crippen LogP) is 4.10. The summed E-state index contributed by atoms with van der Waals surface area (Å²) in [5.74, 6) is 0. The molecule has 2 saturated heterocycles. The SMILES string of the molecule is Cc1ccc(S(=O)(=O)N2C[C@@H]3C[C@H]2CP3c2cccc3ccccc23)cc1. The van der Waals surface area contributed by atoms with Gasteiger partial charge in [-0.25, -0.2) is 8.42 Å².